The lowest BCUT2D eigenvalue weighted by molar-refractivity contribution is 0.418. The SMILES string of the molecule is COc1ccc(C)c2cc(C(C)(C)C)c(Cl)nc12. The molecule has 2 rings (SSSR count). The van der Waals surface area contributed by atoms with Crippen LogP contribution in [0.3, 0.4) is 0 Å². The average Bonchev–Trinajstić information content (AvgIpc) is 2.27. The van der Waals surface area contributed by atoms with E-state index in [0.717, 1.165) is 22.2 Å². The summed E-state index contributed by atoms with van der Waals surface area (Å²) >= 11 is 6.30. The molecule has 0 saturated heterocycles. The van der Waals surface area contributed by atoms with Crippen molar-refractivity contribution in [3.8, 4) is 5.75 Å². The highest BCUT2D eigenvalue weighted by Crippen LogP contribution is 2.35. The van der Waals surface area contributed by atoms with Crippen molar-refractivity contribution in [1.82, 2.24) is 4.98 Å². The van der Waals surface area contributed by atoms with Crippen LogP contribution in [0.4, 0.5) is 0 Å². The first-order chi connectivity index (χ1) is 8.34. The van der Waals surface area contributed by atoms with Gasteiger partial charge >= 0.3 is 0 Å². The number of aryl methyl sites for hydroxylation is 1. The molecule has 0 aliphatic carbocycles. The van der Waals surface area contributed by atoms with Crippen LogP contribution in [0.2, 0.25) is 5.15 Å². The third-order valence-corrected chi connectivity index (χ3v) is 3.43. The van der Waals surface area contributed by atoms with E-state index >= 15 is 0 Å². The van der Waals surface area contributed by atoms with Gasteiger partial charge in [0.15, 0.2) is 0 Å². The van der Waals surface area contributed by atoms with Crippen molar-refractivity contribution in [2.24, 2.45) is 0 Å². The molecule has 0 atom stereocenters. The van der Waals surface area contributed by atoms with Crippen molar-refractivity contribution >= 4 is 22.5 Å². The maximum absolute atomic E-state index is 6.30. The predicted molar refractivity (Wildman–Crippen MR) is 76.7 cm³/mol. The fraction of sp³-hybridized carbons (Fsp3) is 0.400. The van der Waals surface area contributed by atoms with E-state index in [2.05, 4.69) is 38.7 Å². The number of rotatable bonds is 1. The number of fused-ring (bicyclic) bond motifs is 1. The molecule has 3 heteroatoms. The summed E-state index contributed by atoms with van der Waals surface area (Å²) in [5, 5.41) is 1.66. The van der Waals surface area contributed by atoms with Gasteiger partial charge in [0.1, 0.15) is 16.4 Å². The number of aromatic nitrogens is 1. The van der Waals surface area contributed by atoms with Gasteiger partial charge in [0.25, 0.3) is 0 Å². The van der Waals surface area contributed by atoms with Crippen molar-refractivity contribution in [3.05, 3.63) is 34.5 Å². The summed E-state index contributed by atoms with van der Waals surface area (Å²) in [6.45, 7) is 8.48. The first kappa shape index (κ1) is 13.2. The Morgan fingerprint density at radius 3 is 2.44 bits per heavy atom. The number of hydrogen-bond acceptors (Lipinski definition) is 2. The topological polar surface area (TPSA) is 22.1 Å². The van der Waals surface area contributed by atoms with Gasteiger partial charge in [0.2, 0.25) is 0 Å². The Balaban J connectivity index is 2.83. The summed E-state index contributed by atoms with van der Waals surface area (Å²) in [7, 11) is 1.65. The molecule has 0 N–H and O–H groups in total. The van der Waals surface area contributed by atoms with E-state index in [4.69, 9.17) is 16.3 Å². The summed E-state index contributed by atoms with van der Waals surface area (Å²) in [4.78, 5) is 4.51. The van der Waals surface area contributed by atoms with Crippen molar-refractivity contribution in [2.75, 3.05) is 7.11 Å². The molecule has 0 saturated carbocycles. The van der Waals surface area contributed by atoms with Gasteiger partial charge in [-0.25, -0.2) is 4.98 Å². The number of pyridine rings is 1. The van der Waals surface area contributed by atoms with E-state index < -0.39 is 0 Å². The van der Waals surface area contributed by atoms with Gasteiger partial charge in [0.05, 0.1) is 7.11 Å². The van der Waals surface area contributed by atoms with Crippen LogP contribution in [0.15, 0.2) is 18.2 Å². The minimum atomic E-state index is -0.0200. The second-order valence-electron chi connectivity index (χ2n) is 5.56. The number of ether oxygens (including phenoxy) is 1. The van der Waals surface area contributed by atoms with Gasteiger partial charge in [-0.2, -0.15) is 0 Å². The first-order valence-corrected chi connectivity index (χ1v) is 6.36. The second kappa shape index (κ2) is 4.43. The Hall–Kier alpha value is -1.28. The van der Waals surface area contributed by atoms with E-state index in [1.54, 1.807) is 7.11 Å². The lowest BCUT2D eigenvalue weighted by Gasteiger charge is -2.21. The minimum absolute atomic E-state index is 0.0200. The molecule has 0 unspecified atom stereocenters. The van der Waals surface area contributed by atoms with Crippen LogP contribution in [0.5, 0.6) is 5.75 Å². The molecule has 2 aromatic rings. The maximum atomic E-state index is 6.30. The van der Waals surface area contributed by atoms with Gasteiger partial charge in [0, 0.05) is 5.39 Å². The molecule has 1 heterocycles. The zero-order valence-corrected chi connectivity index (χ0v) is 12.2. The van der Waals surface area contributed by atoms with Gasteiger partial charge in [-0.15, -0.1) is 0 Å². The Morgan fingerprint density at radius 1 is 1.22 bits per heavy atom. The minimum Gasteiger partial charge on any atom is -0.494 e. The smallest absolute Gasteiger partial charge is 0.145 e. The highest BCUT2D eigenvalue weighted by molar-refractivity contribution is 6.30. The average molecular weight is 264 g/mol. The fourth-order valence-electron chi connectivity index (χ4n) is 2.04. The number of methoxy groups -OCH3 is 1. The van der Waals surface area contributed by atoms with E-state index in [-0.39, 0.29) is 5.41 Å². The predicted octanol–water partition coefficient (Wildman–Crippen LogP) is 4.50. The number of halogens is 1. The van der Waals surface area contributed by atoms with Crippen molar-refractivity contribution in [2.45, 2.75) is 33.1 Å². The lowest BCUT2D eigenvalue weighted by Crippen LogP contribution is -2.12. The monoisotopic (exact) mass is 263 g/mol. The van der Waals surface area contributed by atoms with E-state index in [1.165, 1.54) is 5.56 Å². The molecule has 96 valence electrons. The third-order valence-electron chi connectivity index (χ3n) is 3.15. The molecule has 1 aromatic carbocycles. The molecular weight excluding hydrogens is 246 g/mol. The molecule has 0 aliphatic heterocycles. The van der Waals surface area contributed by atoms with Crippen molar-refractivity contribution in [1.29, 1.82) is 0 Å². The van der Waals surface area contributed by atoms with E-state index in [9.17, 15) is 0 Å². The molecule has 0 radical (unpaired) electrons. The quantitative estimate of drug-likeness (QED) is 0.707. The zero-order valence-electron chi connectivity index (χ0n) is 11.5. The van der Waals surface area contributed by atoms with E-state index in [0.29, 0.717) is 5.15 Å². The Morgan fingerprint density at radius 2 is 1.89 bits per heavy atom. The van der Waals surface area contributed by atoms with Crippen LogP contribution in [-0.2, 0) is 5.41 Å². The van der Waals surface area contributed by atoms with Gasteiger partial charge in [-0.05, 0) is 35.6 Å². The number of benzene rings is 1. The molecule has 0 aliphatic rings. The zero-order chi connectivity index (χ0) is 13.5. The standard InChI is InChI=1S/C15H18ClNO/c1-9-6-7-12(18-5)13-10(9)8-11(14(16)17-13)15(2,3)4/h6-8H,1-5H3. The van der Waals surface area contributed by atoms with Crippen LogP contribution in [0, 0.1) is 6.92 Å². The summed E-state index contributed by atoms with van der Waals surface area (Å²) < 4.78 is 5.34. The molecule has 1 aromatic heterocycles. The van der Waals surface area contributed by atoms with Crippen LogP contribution in [0.1, 0.15) is 31.9 Å². The molecule has 0 bridgehead atoms. The summed E-state index contributed by atoms with van der Waals surface area (Å²) in [5.41, 5.74) is 3.05. The molecule has 18 heavy (non-hydrogen) atoms. The molecule has 0 spiro atoms. The Kier molecular flexibility index (Phi) is 3.24. The highest BCUT2D eigenvalue weighted by atomic mass is 35.5. The lowest BCUT2D eigenvalue weighted by atomic mass is 9.87. The van der Waals surface area contributed by atoms with Crippen LogP contribution in [0.25, 0.3) is 10.9 Å². The Labute approximate surface area is 113 Å². The second-order valence-corrected chi connectivity index (χ2v) is 5.92. The molecule has 0 amide bonds. The molecule has 0 fully saturated rings. The van der Waals surface area contributed by atoms with Gasteiger partial charge in [-0.3, -0.25) is 0 Å². The van der Waals surface area contributed by atoms with Crippen LogP contribution in [-0.4, -0.2) is 12.1 Å². The fourth-order valence-corrected chi connectivity index (χ4v) is 2.46. The van der Waals surface area contributed by atoms with E-state index in [1.807, 2.05) is 12.1 Å². The summed E-state index contributed by atoms with van der Waals surface area (Å²) in [6.07, 6.45) is 0. The number of hydrogen-bond donors (Lipinski definition) is 0. The molecular formula is C15H18ClNO. The van der Waals surface area contributed by atoms with Gasteiger partial charge in [-0.1, -0.05) is 38.4 Å². The van der Waals surface area contributed by atoms with Crippen LogP contribution >= 0.6 is 11.6 Å². The normalized spacial score (nSPS) is 11.9. The first-order valence-electron chi connectivity index (χ1n) is 5.99. The van der Waals surface area contributed by atoms with Crippen LogP contribution < -0.4 is 4.74 Å². The van der Waals surface area contributed by atoms with Crippen molar-refractivity contribution < 1.29 is 4.74 Å². The Bertz CT molecular complexity index is 599. The maximum Gasteiger partial charge on any atom is 0.145 e. The highest BCUT2D eigenvalue weighted by Gasteiger charge is 2.20. The summed E-state index contributed by atoms with van der Waals surface area (Å²) in [6, 6.07) is 6.10. The third kappa shape index (κ3) is 2.17. The summed E-state index contributed by atoms with van der Waals surface area (Å²) in [5.74, 6) is 0.762. The molecule has 2 nitrogen and oxygen atoms in total. The largest absolute Gasteiger partial charge is 0.494 e. The van der Waals surface area contributed by atoms with Gasteiger partial charge < -0.3 is 4.74 Å². The number of nitrogens with zero attached hydrogens (tertiary/aromatic N) is 1. The van der Waals surface area contributed by atoms with Crippen molar-refractivity contribution in [3.63, 3.8) is 0 Å².